The van der Waals surface area contributed by atoms with Crippen molar-refractivity contribution >= 4 is 41.1 Å². The second-order valence-corrected chi connectivity index (χ2v) is 11.5. The minimum atomic E-state index is -1.08. The number of carbonyl (C=O) groups excluding carboxylic acids is 1. The van der Waals surface area contributed by atoms with Crippen molar-refractivity contribution in [1.82, 2.24) is 10.3 Å². The Labute approximate surface area is 251 Å². The molecule has 0 saturated heterocycles. The molecule has 0 aliphatic heterocycles. The molecular weight excluding hydrogens is 578 g/mol. The normalized spacial score (nSPS) is 12.1. The highest BCUT2D eigenvalue weighted by molar-refractivity contribution is 7.98. The Kier molecular flexibility index (Phi) is 10.9. The van der Waals surface area contributed by atoms with E-state index in [-0.39, 0.29) is 12.4 Å². The van der Waals surface area contributed by atoms with Gasteiger partial charge in [-0.1, -0.05) is 36.4 Å². The van der Waals surface area contributed by atoms with Gasteiger partial charge in [0.15, 0.2) is 0 Å². The van der Waals surface area contributed by atoms with Crippen molar-refractivity contribution < 1.29 is 28.2 Å². The highest BCUT2D eigenvalue weighted by atomic mass is 32.2. The third-order valence-electron chi connectivity index (χ3n) is 6.47. The second-order valence-electron chi connectivity index (χ2n) is 9.62. The first-order valence-corrected chi connectivity index (χ1v) is 15.4. The molecule has 6 nitrogen and oxygen atoms in total. The Balaban J connectivity index is 1.67. The van der Waals surface area contributed by atoms with Gasteiger partial charge < -0.3 is 15.2 Å². The standard InChI is InChI=1S/C32H30F2N2O4S2/c1-20-5-3-4-6-27(20)29-13-21(7-8-28(29)31(37)36-30(32(38)39)9-10-41-2)11-22(12-26-17-35-19-42-26)18-40-25-15-23(33)14-24(34)16-25/h3-8,12-17,19,30H,9-11,18H2,1-2H3,(H,36,37)(H,38,39)/b22-12+. The van der Waals surface area contributed by atoms with Crippen LogP contribution >= 0.6 is 23.1 Å². The summed E-state index contributed by atoms with van der Waals surface area (Å²) in [5.74, 6) is -2.33. The van der Waals surface area contributed by atoms with E-state index in [0.717, 1.165) is 45.3 Å². The molecule has 1 unspecified atom stereocenters. The van der Waals surface area contributed by atoms with Crippen LogP contribution in [0.4, 0.5) is 8.78 Å². The van der Waals surface area contributed by atoms with Gasteiger partial charge in [-0.15, -0.1) is 11.3 Å². The van der Waals surface area contributed by atoms with Gasteiger partial charge in [0.05, 0.1) is 5.51 Å². The van der Waals surface area contributed by atoms with Crippen molar-refractivity contribution in [3.63, 3.8) is 0 Å². The lowest BCUT2D eigenvalue weighted by molar-refractivity contribution is -0.139. The first-order valence-electron chi connectivity index (χ1n) is 13.1. The van der Waals surface area contributed by atoms with Crippen molar-refractivity contribution in [2.75, 3.05) is 18.6 Å². The minimum absolute atomic E-state index is 0.0679. The summed E-state index contributed by atoms with van der Waals surface area (Å²) in [6.07, 6.45) is 6.25. The van der Waals surface area contributed by atoms with Gasteiger partial charge in [0.25, 0.3) is 5.91 Å². The summed E-state index contributed by atoms with van der Waals surface area (Å²) in [5.41, 5.74) is 6.23. The van der Waals surface area contributed by atoms with E-state index in [0.29, 0.717) is 29.7 Å². The van der Waals surface area contributed by atoms with Crippen LogP contribution in [0.2, 0.25) is 0 Å². The number of thioether (sulfide) groups is 1. The highest BCUT2D eigenvalue weighted by Gasteiger charge is 2.23. The van der Waals surface area contributed by atoms with Crippen LogP contribution in [0.1, 0.15) is 32.8 Å². The van der Waals surface area contributed by atoms with Gasteiger partial charge in [-0.05, 0) is 71.7 Å². The third-order valence-corrected chi connectivity index (χ3v) is 7.83. The molecule has 0 fully saturated rings. The predicted octanol–water partition coefficient (Wildman–Crippen LogP) is 7.04. The summed E-state index contributed by atoms with van der Waals surface area (Å²) in [6, 6.07) is 15.1. The van der Waals surface area contributed by atoms with Crippen LogP contribution < -0.4 is 10.1 Å². The molecular formula is C32H30F2N2O4S2. The van der Waals surface area contributed by atoms with Crippen molar-refractivity contribution in [1.29, 1.82) is 0 Å². The van der Waals surface area contributed by atoms with Gasteiger partial charge in [0, 0.05) is 34.8 Å². The molecule has 0 radical (unpaired) electrons. The number of aryl methyl sites for hydroxylation is 1. The molecule has 218 valence electrons. The second kappa shape index (κ2) is 14.7. The molecule has 3 aromatic carbocycles. The quantitative estimate of drug-likeness (QED) is 0.169. The molecule has 2 N–H and O–H groups in total. The van der Waals surface area contributed by atoms with E-state index < -0.39 is 29.6 Å². The van der Waals surface area contributed by atoms with Crippen LogP contribution in [0, 0.1) is 18.6 Å². The SMILES string of the molecule is CSCCC(NC(=O)c1ccc(C/C(=C\c2cncs2)COc2cc(F)cc(F)c2)cc1-c1ccccc1C)C(=O)O. The first-order chi connectivity index (χ1) is 20.2. The fourth-order valence-corrected chi connectivity index (χ4v) is 5.49. The molecule has 0 spiro atoms. The van der Waals surface area contributed by atoms with Gasteiger partial charge in [0.1, 0.15) is 30.0 Å². The molecule has 0 aliphatic carbocycles. The molecule has 0 bridgehead atoms. The van der Waals surface area contributed by atoms with E-state index >= 15 is 0 Å². The summed E-state index contributed by atoms with van der Waals surface area (Å²) in [7, 11) is 0. The molecule has 1 amide bonds. The largest absolute Gasteiger partial charge is 0.489 e. The van der Waals surface area contributed by atoms with E-state index in [1.165, 1.54) is 23.1 Å². The van der Waals surface area contributed by atoms with Crippen molar-refractivity contribution in [3.8, 4) is 16.9 Å². The average molecular weight is 609 g/mol. The van der Waals surface area contributed by atoms with Crippen LogP contribution in [-0.2, 0) is 11.2 Å². The molecule has 10 heteroatoms. The van der Waals surface area contributed by atoms with Crippen LogP contribution in [0.3, 0.4) is 0 Å². The number of amides is 1. The number of thiazole rings is 1. The van der Waals surface area contributed by atoms with Crippen LogP contribution in [0.5, 0.6) is 5.75 Å². The van der Waals surface area contributed by atoms with Crippen LogP contribution in [-0.4, -0.2) is 46.6 Å². The zero-order chi connectivity index (χ0) is 30.1. The Morgan fingerprint density at radius 1 is 1.10 bits per heavy atom. The monoisotopic (exact) mass is 608 g/mol. The lowest BCUT2D eigenvalue weighted by Crippen LogP contribution is -2.41. The summed E-state index contributed by atoms with van der Waals surface area (Å²) in [4.78, 5) is 30.2. The highest BCUT2D eigenvalue weighted by Crippen LogP contribution is 2.30. The van der Waals surface area contributed by atoms with Gasteiger partial charge in [-0.25, -0.2) is 13.6 Å². The zero-order valence-electron chi connectivity index (χ0n) is 23.1. The maximum Gasteiger partial charge on any atom is 0.326 e. The third kappa shape index (κ3) is 8.50. The maximum atomic E-state index is 13.7. The number of benzene rings is 3. The molecule has 4 rings (SSSR count). The molecule has 1 aromatic heterocycles. The summed E-state index contributed by atoms with van der Waals surface area (Å²) in [6.45, 7) is 2.02. The Bertz CT molecular complexity index is 1550. The topological polar surface area (TPSA) is 88.5 Å². The number of nitrogens with one attached hydrogen (secondary N) is 1. The smallest absolute Gasteiger partial charge is 0.326 e. The van der Waals surface area contributed by atoms with Crippen molar-refractivity contribution in [2.45, 2.75) is 25.8 Å². The molecule has 1 atom stereocenters. The average Bonchev–Trinajstić information content (AvgIpc) is 3.46. The van der Waals surface area contributed by atoms with Gasteiger partial charge >= 0.3 is 5.97 Å². The number of hydrogen-bond acceptors (Lipinski definition) is 6. The Hall–Kier alpha value is -4.02. The van der Waals surface area contributed by atoms with Crippen molar-refractivity contribution in [3.05, 3.63) is 111 Å². The molecule has 0 saturated carbocycles. The predicted molar refractivity (Wildman–Crippen MR) is 164 cm³/mol. The van der Waals surface area contributed by atoms with E-state index in [2.05, 4.69) is 10.3 Å². The fraction of sp³-hybridized carbons (Fsp3) is 0.219. The molecule has 1 heterocycles. The minimum Gasteiger partial charge on any atom is -0.489 e. The Morgan fingerprint density at radius 3 is 2.52 bits per heavy atom. The molecule has 4 aromatic rings. The van der Waals surface area contributed by atoms with E-state index in [1.807, 2.05) is 55.7 Å². The number of hydrogen-bond donors (Lipinski definition) is 2. The van der Waals surface area contributed by atoms with Crippen LogP contribution in [0.15, 0.2) is 77.9 Å². The van der Waals surface area contributed by atoms with Crippen LogP contribution in [0.25, 0.3) is 17.2 Å². The number of ether oxygens (including phenoxy) is 1. The van der Waals surface area contributed by atoms with E-state index in [4.69, 9.17) is 4.74 Å². The molecule has 0 aliphatic rings. The number of aromatic nitrogens is 1. The number of carbonyl (C=O) groups is 2. The lowest BCUT2D eigenvalue weighted by Gasteiger charge is -2.18. The van der Waals surface area contributed by atoms with Gasteiger partial charge in [0.2, 0.25) is 0 Å². The number of aliphatic carboxylic acids is 1. The fourth-order valence-electron chi connectivity index (χ4n) is 4.42. The summed E-state index contributed by atoms with van der Waals surface area (Å²) in [5, 5.41) is 12.3. The number of carboxylic acids is 1. The van der Waals surface area contributed by atoms with E-state index in [1.54, 1.807) is 17.8 Å². The van der Waals surface area contributed by atoms with Gasteiger partial charge in [-0.3, -0.25) is 9.78 Å². The number of carboxylic acid groups (broad SMARTS) is 1. The maximum absolute atomic E-state index is 13.7. The number of nitrogens with zero attached hydrogens (tertiary/aromatic N) is 1. The Morgan fingerprint density at radius 2 is 1.86 bits per heavy atom. The lowest BCUT2D eigenvalue weighted by atomic mass is 9.92. The number of halogens is 2. The van der Waals surface area contributed by atoms with Gasteiger partial charge in [-0.2, -0.15) is 11.8 Å². The van der Waals surface area contributed by atoms with Crippen molar-refractivity contribution in [2.24, 2.45) is 0 Å². The summed E-state index contributed by atoms with van der Waals surface area (Å²) < 4.78 is 33.2. The van der Waals surface area contributed by atoms with E-state index in [9.17, 15) is 23.5 Å². The first kappa shape index (κ1) is 30.9. The zero-order valence-corrected chi connectivity index (χ0v) is 24.7. The summed E-state index contributed by atoms with van der Waals surface area (Å²) >= 11 is 2.96. The molecule has 42 heavy (non-hydrogen) atoms. The number of rotatable bonds is 13.